The van der Waals surface area contributed by atoms with Gasteiger partial charge in [-0.3, -0.25) is 4.79 Å². The Morgan fingerprint density at radius 2 is 2.00 bits per heavy atom. The van der Waals surface area contributed by atoms with Crippen LogP contribution in [-0.2, 0) is 14.3 Å². The molecular weight excluding hydrogens is 330 g/mol. The van der Waals surface area contributed by atoms with Crippen LogP contribution in [0.15, 0.2) is 29.3 Å². The van der Waals surface area contributed by atoms with Crippen LogP contribution in [0.4, 0.5) is 14.5 Å². The van der Waals surface area contributed by atoms with Gasteiger partial charge in [0.05, 0.1) is 11.3 Å². The van der Waals surface area contributed by atoms with Gasteiger partial charge < -0.3 is 15.0 Å². The van der Waals surface area contributed by atoms with E-state index in [1.165, 1.54) is 0 Å². The van der Waals surface area contributed by atoms with Gasteiger partial charge in [-0.1, -0.05) is 6.92 Å². The molecule has 2 aliphatic heterocycles. The molecule has 0 aromatic heterocycles. The monoisotopic (exact) mass is 350 g/mol. The molecule has 134 valence electrons. The first kappa shape index (κ1) is 17.5. The molecular formula is C18H20F2N2O3. The number of carbonyl (C=O) groups excluding carboxylic acids is 2. The number of esters is 1. The summed E-state index contributed by atoms with van der Waals surface area (Å²) < 4.78 is 32.4. The zero-order chi connectivity index (χ0) is 18.2. The maximum atomic E-state index is 13.8. The Balaban J connectivity index is 1.87. The highest BCUT2D eigenvalue weighted by Crippen LogP contribution is 2.41. The van der Waals surface area contributed by atoms with Crippen LogP contribution in [0.3, 0.4) is 0 Å². The number of nitrogens with one attached hydrogen (secondary N) is 1. The minimum Gasteiger partial charge on any atom is -0.450 e. The van der Waals surface area contributed by atoms with E-state index in [1.54, 1.807) is 6.92 Å². The van der Waals surface area contributed by atoms with Crippen molar-refractivity contribution in [3.8, 4) is 0 Å². The summed E-state index contributed by atoms with van der Waals surface area (Å²) in [7, 11) is 0. The van der Waals surface area contributed by atoms with Gasteiger partial charge >= 0.3 is 5.97 Å². The molecule has 1 spiro atoms. The highest BCUT2D eigenvalue weighted by Gasteiger charge is 2.50. The summed E-state index contributed by atoms with van der Waals surface area (Å²) in [6, 6.07) is 2.91. The number of anilines is 1. The van der Waals surface area contributed by atoms with E-state index in [-0.39, 0.29) is 16.8 Å². The zero-order valence-electron chi connectivity index (χ0n) is 14.2. The summed E-state index contributed by atoms with van der Waals surface area (Å²) in [6.45, 7) is 5.89. The van der Waals surface area contributed by atoms with Crippen molar-refractivity contribution < 1.29 is 23.1 Å². The summed E-state index contributed by atoms with van der Waals surface area (Å²) in [5, 5.41) is 2.44. The van der Waals surface area contributed by atoms with Crippen LogP contribution in [0.1, 0.15) is 26.7 Å². The lowest BCUT2D eigenvalue weighted by Gasteiger charge is -2.38. The van der Waals surface area contributed by atoms with Crippen LogP contribution in [-0.4, -0.2) is 42.0 Å². The molecule has 25 heavy (non-hydrogen) atoms. The lowest BCUT2D eigenvalue weighted by molar-refractivity contribution is -0.150. The fourth-order valence-electron chi connectivity index (χ4n) is 3.48. The number of halogens is 2. The molecule has 2 heterocycles. The molecule has 0 atom stereocenters. The predicted molar refractivity (Wildman–Crippen MR) is 87.9 cm³/mol. The molecule has 3 rings (SSSR count). The first-order valence-corrected chi connectivity index (χ1v) is 8.30. The highest BCUT2D eigenvalue weighted by atomic mass is 19.1. The van der Waals surface area contributed by atoms with Crippen LogP contribution < -0.4 is 5.32 Å². The Morgan fingerprint density at radius 3 is 2.60 bits per heavy atom. The lowest BCUT2D eigenvalue weighted by Crippen LogP contribution is -2.47. The Morgan fingerprint density at radius 1 is 1.32 bits per heavy atom. The molecule has 1 aromatic carbocycles. The van der Waals surface area contributed by atoms with Gasteiger partial charge in [-0.25, -0.2) is 13.6 Å². The van der Waals surface area contributed by atoms with Crippen molar-refractivity contribution in [3.63, 3.8) is 0 Å². The number of rotatable bonds is 3. The van der Waals surface area contributed by atoms with Gasteiger partial charge in [0.1, 0.15) is 17.2 Å². The van der Waals surface area contributed by atoms with Gasteiger partial charge in [-0.2, -0.15) is 0 Å². The van der Waals surface area contributed by atoms with Gasteiger partial charge in [-0.05, 0) is 25.6 Å². The number of likely N-dealkylation sites (tertiary alicyclic amines) is 1. The second kappa shape index (κ2) is 6.55. The van der Waals surface area contributed by atoms with Crippen LogP contribution in [0.2, 0.25) is 0 Å². The van der Waals surface area contributed by atoms with Crippen LogP contribution >= 0.6 is 0 Å². The molecule has 0 radical (unpaired) electrons. The molecule has 1 fully saturated rings. The van der Waals surface area contributed by atoms with Crippen molar-refractivity contribution in [1.29, 1.82) is 0 Å². The average molecular weight is 350 g/mol. The van der Waals surface area contributed by atoms with Crippen LogP contribution in [0.5, 0.6) is 0 Å². The van der Waals surface area contributed by atoms with Crippen molar-refractivity contribution in [2.24, 2.45) is 0 Å². The summed E-state index contributed by atoms with van der Waals surface area (Å²) in [5.74, 6) is -2.70. The van der Waals surface area contributed by atoms with E-state index in [2.05, 4.69) is 10.2 Å². The second-order valence-corrected chi connectivity index (χ2v) is 6.40. The Labute approximate surface area is 144 Å². The number of hydrogen-bond donors (Lipinski definition) is 1. The molecule has 0 saturated carbocycles. The standard InChI is InChI=1S/C18H20F2N2O3/c1-3-22-8-6-18(7-9-22)15(11(2)17(24)25-18)16(23)21-14-5-4-12(19)10-13(14)20/h4-5,10H,3,6-9H2,1-2H3,(H,21,23). The van der Waals surface area contributed by atoms with Gasteiger partial charge in [0.25, 0.3) is 5.91 Å². The zero-order valence-corrected chi connectivity index (χ0v) is 14.2. The smallest absolute Gasteiger partial charge is 0.335 e. The second-order valence-electron chi connectivity index (χ2n) is 6.40. The third kappa shape index (κ3) is 3.16. The molecule has 1 saturated heterocycles. The Kier molecular flexibility index (Phi) is 4.60. The van der Waals surface area contributed by atoms with Crippen LogP contribution in [0.25, 0.3) is 0 Å². The van der Waals surface area contributed by atoms with E-state index in [9.17, 15) is 18.4 Å². The molecule has 1 N–H and O–H groups in total. The quantitative estimate of drug-likeness (QED) is 0.852. The minimum absolute atomic E-state index is 0.132. The number of benzene rings is 1. The van der Waals surface area contributed by atoms with Crippen molar-refractivity contribution >= 4 is 17.6 Å². The minimum atomic E-state index is -0.965. The third-order valence-corrected chi connectivity index (χ3v) is 4.94. The molecule has 0 unspecified atom stereocenters. The molecule has 7 heteroatoms. The van der Waals surface area contributed by atoms with E-state index in [0.29, 0.717) is 32.0 Å². The Hall–Kier alpha value is -2.28. The van der Waals surface area contributed by atoms with E-state index >= 15 is 0 Å². The normalized spacial score (nSPS) is 20.1. The Bertz CT molecular complexity index is 753. The third-order valence-electron chi connectivity index (χ3n) is 4.94. The summed E-state index contributed by atoms with van der Waals surface area (Å²) in [6.07, 6.45) is 1.02. The average Bonchev–Trinajstić information content (AvgIpc) is 2.81. The molecule has 1 amide bonds. The number of ether oxygens (including phenoxy) is 1. The fourth-order valence-corrected chi connectivity index (χ4v) is 3.48. The number of hydrogen-bond acceptors (Lipinski definition) is 4. The SMILES string of the molecule is CCN1CCC2(CC1)OC(=O)C(C)=C2C(=O)Nc1ccc(F)cc1F. The van der Waals surface area contributed by atoms with Crippen LogP contribution in [0, 0.1) is 11.6 Å². The molecule has 2 aliphatic rings. The number of piperidine rings is 1. The van der Waals surface area contributed by atoms with Gasteiger partial charge in [0.15, 0.2) is 0 Å². The van der Waals surface area contributed by atoms with Gasteiger partial charge in [0, 0.05) is 37.6 Å². The number of nitrogens with zero attached hydrogens (tertiary/aromatic N) is 1. The first-order chi connectivity index (χ1) is 11.9. The van der Waals surface area contributed by atoms with E-state index < -0.39 is 29.1 Å². The lowest BCUT2D eigenvalue weighted by atomic mass is 9.82. The maximum Gasteiger partial charge on any atom is 0.335 e. The largest absolute Gasteiger partial charge is 0.450 e. The fraction of sp³-hybridized carbons (Fsp3) is 0.444. The van der Waals surface area contributed by atoms with E-state index in [4.69, 9.17) is 4.74 Å². The highest BCUT2D eigenvalue weighted by molar-refractivity contribution is 6.12. The maximum absolute atomic E-state index is 13.8. The van der Waals surface area contributed by atoms with Gasteiger partial charge in [-0.15, -0.1) is 0 Å². The molecule has 0 aliphatic carbocycles. The molecule has 5 nitrogen and oxygen atoms in total. The summed E-state index contributed by atoms with van der Waals surface area (Å²) in [4.78, 5) is 27.0. The topological polar surface area (TPSA) is 58.6 Å². The predicted octanol–water partition coefficient (Wildman–Crippen LogP) is 2.63. The number of amides is 1. The number of carbonyl (C=O) groups is 2. The van der Waals surface area contributed by atoms with Crippen molar-refractivity contribution in [2.75, 3.05) is 25.0 Å². The van der Waals surface area contributed by atoms with Crippen molar-refractivity contribution in [2.45, 2.75) is 32.3 Å². The van der Waals surface area contributed by atoms with Gasteiger partial charge in [0.2, 0.25) is 0 Å². The first-order valence-electron chi connectivity index (χ1n) is 8.30. The van der Waals surface area contributed by atoms with Crippen molar-refractivity contribution in [1.82, 2.24) is 4.90 Å². The molecule has 0 bridgehead atoms. The van der Waals surface area contributed by atoms with E-state index in [0.717, 1.165) is 18.7 Å². The summed E-state index contributed by atoms with van der Waals surface area (Å²) >= 11 is 0. The summed E-state index contributed by atoms with van der Waals surface area (Å²) in [5.41, 5.74) is -0.609. The molecule has 1 aromatic rings. The van der Waals surface area contributed by atoms with E-state index in [1.807, 2.05) is 6.92 Å². The van der Waals surface area contributed by atoms with Crippen molar-refractivity contribution in [3.05, 3.63) is 41.0 Å².